The monoisotopic (exact) mass is 223 g/mol. The molecule has 1 aliphatic rings. The van der Waals surface area contributed by atoms with E-state index in [9.17, 15) is 4.79 Å². The maximum atomic E-state index is 11.2. The third-order valence-electron chi connectivity index (χ3n) is 2.95. The Kier molecular flexibility index (Phi) is 4.74. The molecule has 0 fully saturated rings. The Morgan fingerprint density at radius 2 is 2.19 bits per heavy atom. The van der Waals surface area contributed by atoms with Gasteiger partial charge in [-0.05, 0) is 25.3 Å². The zero-order valence-electron chi connectivity index (χ0n) is 10.3. The summed E-state index contributed by atoms with van der Waals surface area (Å²) in [6.45, 7) is 4.70. The zero-order valence-corrected chi connectivity index (χ0v) is 10.3. The number of allylic oxidation sites excluding steroid dienone is 3. The Morgan fingerprint density at radius 1 is 1.50 bits per heavy atom. The molecule has 3 heteroatoms. The standard InChI is InChI=1S/C13H21NO2/c1-10(2)12(13(15)16)14(3)9-11-7-5-4-6-8-11/h4-7,10-12H,8-9H2,1-3H3,(H,15,16). The van der Waals surface area contributed by atoms with E-state index < -0.39 is 5.97 Å². The molecule has 1 rings (SSSR count). The lowest BCUT2D eigenvalue weighted by Crippen LogP contribution is -2.44. The topological polar surface area (TPSA) is 40.5 Å². The fourth-order valence-electron chi connectivity index (χ4n) is 2.23. The number of likely N-dealkylation sites (N-methyl/N-ethyl adjacent to an activating group) is 1. The van der Waals surface area contributed by atoms with Gasteiger partial charge >= 0.3 is 5.97 Å². The lowest BCUT2D eigenvalue weighted by molar-refractivity contribution is -0.144. The lowest BCUT2D eigenvalue weighted by atomic mass is 9.97. The third kappa shape index (κ3) is 3.49. The van der Waals surface area contributed by atoms with Crippen LogP contribution < -0.4 is 0 Å². The SMILES string of the molecule is CC(C)C(C(=O)O)N(C)CC1C=CC=CC1. The molecule has 0 amide bonds. The summed E-state index contributed by atoms with van der Waals surface area (Å²) in [6.07, 6.45) is 9.35. The van der Waals surface area contributed by atoms with Gasteiger partial charge < -0.3 is 5.11 Å². The van der Waals surface area contributed by atoms with Crippen LogP contribution in [0.15, 0.2) is 24.3 Å². The molecule has 0 saturated carbocycles. The molecule has 1 aliphatic carbocycles. The first kappa shape index (κ1) is 13.0. The summed E-state index contributed by atoms with van der Waals surface area (Å²) in [5.74, 6) is -0.158. The van der Waals surface area contributed by atoms with Crippen LogP contribution in [0.4, 0.5) is 0 Å². The normalized spacial score (nSPS) is 21.7. The fourth-order valence-corrected chi connectivity index (χ4v) is 2.23. The van der Waals surface area contributed by atoms with Crippen LogP contribution in [0, 0.1) is 11.8 Å². The van der Waals surface area contributed by atoms with Crippen LogP contribution in [-0.2, 0) is 4.79 Å². The Morgan fingerprint density at radius 3 is 2.62 bits per heavy atom. The fraction of sp³-hybridized carbons (Fsp3) is 0.615. The van der Waals surface area contributed by atoms with Gasteiger partial charge in [0.25, 0.3) is 0 Å². The highest BCUT2D eigenvalue weighted by molar-refractivity contribution is 5.73. The minimum absolute atomic E-state index is 0.130. The summed E-state index contributed by atoms with van der Waals surface area (Å²) in [7, 11) is 1.89. The van der Waals surface area contributed by atoms with Crippen LogP contribution in [0.3, 0.4) is 0 Å². The van der Waals surface area contributed by atoms with Crippen LogP contribution in [0.25, 0.3) is 0 Å². The van der Waals surface area contributed by atoms with Crippen LogP contribution >= 0.6 is 0 Å². The van der Waals surface area contributed by atoms with E-state index >= 15 is 0 Å². The van der Waals surface area contributed by atoms with Crippen molar-refractivity contribution in [3.63, 3.8) is 0 Å². The molecule has 3 nitrogen and oxygen atoms in total. The van der Waals surface area contributed by atoms with Crippen molar-refractivity contribution >= 4 is 5.97 Å². The average molecular weight is 223 g/mol. The lowest BCUT2D eigenvalue weighted by Gasteiger charge is -2.30. The largest absolute Gasteiger partial charge is 0.480 e. The van der Waals surface area contributed by atoms with E-state index in [0.29, 0.717) is 5.92 Å². The molecule has 0 aromatic carbocycles. The summed E-state index contributed by atoms with van der Waals surface area (Å²) in [6, 6.07) is -0.390. The van der Waals surface area contributed by atoms with Crippen LogP contribution in [0.1, 0.15) is 20.3 Å². The molecule has 2 atom stereocenters. The smallest absolute Gasteiger partial charge is 0.321 e. The number of rotatable bonds is 5. The summed E-state index contributed by atoms with van der Waals surface area (Å²) < 4.78 is 0. The molecule has 1 N–H and O–H groups in total. The van der Waals surface area contributed by atoms with Gasteiger partial charge in [0.1, 0.15) is 6.04 Å². The Labute approximate surface area is 97.4 Å². The van der Waals surface area contributed by atoms with Crippen LogP contribution in [-0.4, -0.2) is 35.6 Å². The second-order valence-corrected chi connectivity index (χ2v) is 4.78. The predicted molar refractivity (Wildman–Crippen MR) is 65.3 cm³/mol. The molecule has 0 bridgehead atoms. The van der Waals surface area contributed by atoms with Gasteiger partial charge in [0.2, 0.25) is 0 Å². The first-order valence-corrected chi connectivity index (χ1v) is 5.78. The minimum atomic E-state index is -0.729. The number of carboxylic acids is 1. The van der Waals surface area contributed by atoms with Gasteiger partial charge in [-0.3, -0.25) is 9.69 Å². The van der Waals surface area contributed by atoms with Gasteiger partial charge in [0.15, 0.2) is 0 Å². The number of nitrogens with zero attached hydrogens (tertiary/aromatic N) is 1. The Bertz CT molecular complexity index is 294. The van der Waals surface area contributed by atoms with Crippen molar-refractivity contribution in [2.24, 2.45) is 11.8 Å². The minimum Gasteiger partial charge on any atom is -0.480 e. The van der Waals surface area contributed by atoms with E-state index in [4.69, 9.17) is 5.11 Å². The van der Waals surface area contributed by atoms with E-state index in [1.54, 1.807) is 0 Å². The summed E-state index contributed by atoms with van der Waals surface area (Å²) in [5.41, 5.74) is 0. The third-order valence-corrected chi connectivity index (χ3v) is 2.95. The molecule has 16 heavy (non-hydrogen) atoms. The van der Waals surface area contributed by atoms with Crippen molar-refractivity contribution in [1.29, 1.82) is 0 Å². The second kappa shape index (κ2) is 5.85. The average Bonchev–Trinajstić information content (AvgIpc) is 2.17. The molecule has 0 heterocycles. The van der Waals surface area contributed by atoms with E-state index in [-0.39, 0.29) is 12.0 Å². The first-order valence-electron chi connectivity index (χ1n) is 5.78. The molecular formula is C13H21NO2. The number of aliphatic carboxylic acids is 1. The highest BCUT2D eigenvalue weighted by Gasteiger charge is 2.27. The van der Waals surface area contributed by atoms with Gasteiger partial charge in [-0.25, -0.2) is 0 Å². The highest BCUT2D eigenvalue weighted by atomic mass is 16.4. The number of carbonyl (C=O) groups is 1. The summed E-state index contributed by atoms with van der Waals surface area (Å²) >= 11 is 0. The molecule has 0 spiro atoms. The highest BCUT2D eigenvalue weighted by Crippen LogP contribution is 2.16. The van der Waals surface area contributed by atoms with Crippen molar-refractivity contribution in [3.05, 3.63) is 24.3 Å². The maximum absolute atomic E-state index is 11.2. The van der Waals surface area contributed by atoms with E-state index in [1.807, 2.05) is 37.9 Å². The molecule has 2 unspecified atom stereocenters. The maximum Gasteiger partial charge on any atom is 0.321 e. The van der Waals surface area contributed by atoms with Crippen molar-refractivity contribution in [1.82, 2.24) is 4.90 Å². The molecule has 0 radical (unpaired) electrons. The van der Waals surface area contributed by atoms with Gasteiger partial charge in [0.05, 0.1) is 0 Å². The van der Waals surface area contributed by atoms with Crippen molar-refractivity contribution in [2.75, 3.05) is 13.6 Å². The van der Waals surface area contributed by atoms with Gasteiger partial charge in [0, 0.05) is 6.54 Å². The number of hydrogen-bond donors (Lipinski definition) is 1. The first-order chi connectivity index (χ1) is 7.52. The van der Waals surface area contributed by atoms with Crippen molar-refractivity contribution < 1.29 is 9.90 Å². The Hall–Kier alpha value is -1.09. The van der Waals surface area contributed by atoms with Crippen molar-refractivity contribution in [2.45, 2.75) is 26.3 Å². The van der Waals surface area contributed by atoms with Crippen LogP contribution in [0.2, 0.25) is 0 Å². The quantitative estimate of drug-likeness (QED) is 0.776. The Balaban J connectivity index is 2.55. The predicted octanol–water partition coefficient (Wildman–Crippen LogP) is 2.16. The molecule has 90 valence electrons. The molecule has 0 aromatic rings. The van der Waals surface area contributed by atoms with Gasteiger partial charge in [-0.15, -0.1) is 0 Å². The second-order valence-electron chi connectivity index (χ2n) is 4.78. The van der Waals surface area contributed by atoms with Gasteiger partial charge in [-0.1, -0.05) is 38.2 Å². The molecule has 0 aromatic heterocycles. The van der Waals surface area contributed by atoms with Crippen LogP contribution in [0.5, 0.6) is 0 Å². The summed E-state index contributed by atoms with van der Waals surface area (Å²) in [5, 5.41) is 9.17. The van der Waals surface area contributed by atoms with E-state index in [2.05, 4.69) is 12.2 Å². The van der Waals surface area contributed by atoms with E-state index in [0.717, 1.165) is 13.0 Å². The number of carboxylic acid groups (broad SMARTS) is 1. The molecule has 0 aliphatic heterocycles. The summed E-state index contributed by atoms with van der Waals surface area (Å²) in [4.78, 5) is 13.1. The molecular weight excluding hydrogens is 202 g/mol. The van der Waals surface area contributed by atoms with E-state index in [1.165, 1.54) is 0 Å². The van der Waals surface area contributed by atoms with Crippen molar-refractivity contribution in [3.8, 4) is 0 Å². The number of hydrogen-bond acceptors (Lipinski definition) is 2. The van der Waals surface area contributed by atoms with Gasteiger partial charge in [-0.2, -0.15) is 0 Å². The zero-order chi connectivity index (χ0) is 12.1. The molecule has 0 saturated heterocycles.